The molecule has 35 heavy (non-hydrogen) atoms. The number of phenolic OH excluding ortho intramolecular Hbond substituents is 1. The lowest BCUT2D eigenvalue weighted by atomic mass is 9.95. The molecule has 0 radical (unpaired) electrons. The molecule has 1 atom stereocenters. The molecule has 1 aromatic heterocycles. The number of nitrogens with zero attached hydrogens (tertiary/aromatic N) is 2. The van der Waals surface area contributed by atoms with Gasteiger partial charge in [0, 0.05) is 5.56 Å². The van der Waals surface area contributed by atoms with Crippen molar-refractivity contribution in [2.75, 3.05) is 19.1 Å². The van der Waals surface area contributed by atoms with Gasteiger partial charge in [0.25, 0.3) is 5.78 Å². The number of thiazole rings is 1. The Morgan fingerprint density at radius 2 is 1.69 bits per heavy atom. The molecule has 0 bridgehead atoms. The van der Waals surface area contributed by atoms with Gasteiger partial charge in [-0.3, -0.25) is 14.5 Å². The van der Waals surface area contributed by atoms with Crippen molar-refractivity contribution in [1.29, 1.82) is 0 Å². The molecule has 1 aliphatic rings. The van der Waals surface area contributed by atoms with Crippen molar-refractivity contribution in [1.82, 2.24) is 4.98 Å². The van der Waals surface area contributed by atoms with E-state index in [0.29, 0.717) is 28.1 Å². The largest absolute Gasteiger partial charge is 0.508 e. The molecule has 2 heterocycles. The highest BCUT2D eigenvalue weighted by atomic mass is 32.1. The lowest BCUT2D eigenvalue weighted by Gasteiger charge is -2.23. The minimum atomic E-state index is -0.994. The van der Waals surface area contributed by atoms with E-state index in [2.05, 4.69) is 4.98 Å². The van der Waals surface area contributed by atoms with E-state index in [4.69, 9.17) is 9.47 Å². The maximum absolute atomic E-state index is 13.3. The zero-order valence-corrected chi connectivity index (χ0v) is 19.6. The average molecular weight is 489 g/mol. The lowest BCUT2D eigenvalue weighted by molar-refractivity contribution is -0.132. The van der Waals surface area contributed by atoms with Gasteiger partial charge >= 0.3 is 5.91 Å². The van der Waals surface area contributed by atoms with Gasteiger partial charge in [-0.1, -0.05) is 23.5 Å². The Kier molecular flexibility index (Phi) is 5.62. The number of aromatic hydroxyl groups is 1. The van der Waals surface area contributed by atoms with Crippen LogP contribution in [0.25, 0.3) is 16.0 Å². The first-order chi connectivity index (χ1) is 16.9. The number of rotatable bonds is 5. The van der Waals surface area contributed by atoms with Gasteiger partial charge in [-0.25, -0.2) is 4.98 Å². The smallest absolute Gasteiger partial charge is 0.301 e. The van der Waals surface area contributed by atoms with Crippen LogP contribution in [0.3, 0.4) is 0 Å². The minimum absolute atomic E-state index is 0.0356. The van der Waals surface area contributed by atoms with E-state index in [1.165, 1.54) is 35.5 Å². The number of fused-ring (bicyclic) bond motifs is 1. The molecule has 1 amide bonds. The number of ketones is 1. The summed E-state index contributed by atoms with van der Waals surface area (Å²) in [7, 11) is 3.08. The van der Waals surface area contributed by atoms with Crippen LogP contribution in [-0.2, 0) is 9.59 Å². The number of benzene rings is 3. The first kappa shape index (κ1) is 22.4. The van der Waals surface area contributed by atoms with E-state index in [1.807, 2.05) is 0 Å². The van der Waals surface area contributed by atoms with Crippen molar-refractivity contribution in [3.63, 3.8) is 0 Å². The van der Waals surface area contributed by atoms with E-state index in [-0.39, 0.29) is 22.2 Å². The molecule has 1 fully saturated rings. The summed E-state index contributed by atoms with van der Waals surface area (Å²) in [5, 5.41) is 21.6. The molecule has 8 nitrogen and oxygen atoms in total. The fourth-order valence-corrected chi connectivity index (χ4v) is 5.09. The summed E-state index contributed by atoms with van der Waals surface area (Å²) in [5.74, 6) is -0.811. The first-order valence-electron chi connectivity index (χ1n) is 10.6. The average Bonchev–Trinajstić information content (AvgIpc) is 3.41. The SMILES string of the molecule is COc1ccc(C(O)=C2C(=O)C(=O)N(c3nc4ccc(OC)cc4s3)C2c2cccc(O)c2)cc1. The van der Waals surface area contributed by atoms with Crippen LogP contribution in [0, 0.1) is 0 Å². The van der Waals surface area contributed by atoms with E-state index in [1.54, 1.807) is 61.7 Å². The summed E-state index contributed by atoms with van der Waals surface area (Å²) in [5.41, 5.74) is 1.35. The molecule has 4 aromatic rings. The molecule has 1 unspecified atom stereocenters. The van der Waals surface area contributed by atoms with Crippen molar-refractivity contribution >= 4 is 44.1 Å². The van der Waals surface area contributed by atoms with Crippen LogP contribution in [0.15, 0.2) is 72.3 Å². The van der Waals surface area contributed by atoms with E-state index in [0.717, 1.165) is 4.70 Å². The van der Waals surface area contributed by atoms with Gasteiger partial charge in [-0.05, 0) is 60.2 Å². The number of carbonyl (C=O) groups excluding carboxylic acids is 2. The van der Waals surface area contributed by atoms with Crippen molar-refractivity contribution in [2.24, 2.45) is 0 Å². The zero-order chi connectivity index (χ0) is 24.7. The number of aromatic nitrogens is 1. The summed E-state index contributed by atoms with van der Waals surface area (Å²) < 4.78 is 11.2. The molecule has 3 aromatic carbocycles. The van der Waals surface area contributed by atoms with Crippen LogP contribution < -0.4 is 14.4 Å². The number of aliphatic hydroxyl groups excluding tert-OH is 1. The normalized spacial score (nSPS) is 17.2. The second kappa shape index (κ2) is 8.77. The number of hydrogen-bond acceptors (Lipinski definition) is 8. The molecular weight excluding hydrogens is 468 g/mol. The molecule has 2 N–H and O–H groups in total. The van der Waals surface area contributed by atoms with Gasteiger partial charge in [0.2, 0.25) is 0 Å². The zero-order valence-electron chi connectivity index (χ0n) is 18.8. The number of methoxy groups -OCH3 is 2. The van der Waals surface area contributed by atoms with Crippen molar-refractivity contribution in [3.8, 4) is 17.2 Å². The second-order valence-corrected chi connectivity index (χ2v) is 8.83. The van der Waals surface area contributed by atoms with Crippen molar-refractivity contribution in [3.05, 3.63) is 83.4 Å². The Bertz CT molecular complexity index is 1490. The summed E-state index contributed by atoms with van der Waals surface area (Å²) in [6.07, 6.45) is 0. The number of carbonyl (C=O) groups is 2. The number of Topliss-reactive ketones (excluding diaryl/α,β-unsaturated/α-hetero) is 1. The number of hydrogen-bond donors (Lipinski definition) is 2. The maximum atomic E-state index is 13.3. The van der Waals surface area contributed by atoms with Crippen LogP contribution in [0.1, 0.15) is 17.2 Å². The maximum Gasteiger partial charge on any atom is 0.301 e. The van der Waals surface area contributed by atoms with Gasteiger partial charge in [0.15, 0.2) is 5.13 Å². The third kappa shape index (κ3) is 3.85. The second-order valence-electron chi connectivity index (χ2n) is 7.82. The highest BCUT2D eigenvalue weighted by molar-refractivity contribution is 7.22. The summed E-state index contributed by atoms with van der Waals surface area (Å²) in [6, 6.07) is 17.1. The third-order valence-corrected chi connectivity index (χ3v) is 6.80. The number of aliphatic hydroxyl groups is 1. The van der Waals surface area contributed by atoms with Gasteiger partial charge in [0.05, 0.1) is 36.1 Å². The van der Waals surface area contributed by atoms with Crippen molar-refractivity contribution in [2.45, 2.75) is 6.04 Å². The van der Waals surface area contributed by atoms with Gasteiger partial charge in [0.1, 0.15) is 23.0 Å². The standard InChI is InChI=1S/C26H20N2O6S/c1-33-17-8-6-14(7-9-17)23(30)21-22(15-4-3-5-16(29)12-15)28(25(32)24(21)31)26-27-19-11-10-18(34-2)13-20(19)35-26/h3-13,22,29-30H,1-2H3. The molecule has 0 saturated carbocycles. The number of phenols is 1. The molecule has 5 rings (SSSR count). The summed E-state index contributed by atoms with van der Waals surface area (Å²) >= 11 is 1.23. The summed E-state index contributed by atoms with van der Waals surface area (Å²) in [4.78, 5) is 32.4. The molecular formula is C26H20N2O6S. The van der Waals surface area contributed by atoms with E-state index in [9.17, 15) is 19.8 Å². The molecule has 176 valence electrons. The van der Waals surface area contributed by atoms with Crippen LogP contribution in [-0.4, -0.2) is 41.1 Å². The minimum Gasteiger partial charge on any atom is -0.508 e. The Hall–Kier alpha value is -4.37. The number of anilines is 1. The lowest BCUT2D eigenvalue weighted by Crippen LogP contribution is -2.29. The van der Waals surface area contributed by atoms with E-state index >= 15 is 0 Å². The third-order valence-electron chi connectivity index (χ3n) is 5.78. The molecule has 9 heteroatoms. The van der Waals surface area contributed by atoms with Gasteiger partial charge in [-0.2, -0.15) is 0 Å². The fourth-order valence-electron chi connectivity index (χ4n) is 4.07. The molecule has 1 saturated heterocycles. The Balaban J connectivity index is 1.70. The predicted octanol–water partition coefficient (Wildman–Crippen LogP) is 4.65. The highest BCUT2D eigenvalue weighted by Crippen LogP contribution is 2.45. The monoisotopic (exact) mass is 488 g/mol. The Morgan fingerprint density at radius 1 is 0.971 bits per heavy atom. The molecule has 0 spiro atoms. The van der Waals surface area contributed by atoms with Gasteiger partial charge < -0.3 is 19.7 Å². The molecule has 0 aliphatic carbocycles. The number of amides is 1. The van der Waals surface area contributed by atoms with Crippen LogP contribution in [0.4, 0.5) is 5.13 Å². The Morgan fingerprint density at radius 3 is 2.37 bits per heavy atom. The highest BCUT2D eigenvalue weighted by Gasteiger charge is 2.48. The quantitative estimate of drug-likeness (QED) is 0.239. The van der Waals surface area contributed by atoms with E-state index < -0.39 is 17.7 Å². The summed E-state index contributed by atoms with van der Waals surface area (Å²) in [6.45, 7) is 0. The van der Waals surface area contributed by atoms with Crippen LogP contribution in [0.5, 0.6) is 17.2 Å². The van der Waals surface area contributed by atoms with Gasteiger partial charge in [-0.15, -0.1) is 0 Å². The van der Waals surface area contributed by atoms with Crippen LogP contribution >= 0.6 is 11.3 Å². The topological polar surface area (TPSA) is 109 Å². The molecule has 1 aliphatic heterocycles. The fraction of sp³-hybridized carbons (Fsp3) is 0.115. The predicted molar refractivity (Wildman–Crippen MR) is 132 cm³/mol. The first-order valence-corrected chi connectivity index (χ1v) is 11.4. The number of ether oxygens (including phenoxy) is 2. The van der Waals surface area contributed by atoms with Crippen LogP contribution in [0.2, 0.25) is 0 Å². The van der Waals surface area contributed by atoms with Crippen molar-refractivity contribution < 1.29 is 29.3 Å². The Labute approximate surface area is 204 Å².